The fraction of sp³-hybridized carbons (Fsp3) is 0.900. The van der Waals surface area contributed by atoms with Crippen molar-refractivity contribution < 1.29 is 78.2 Å². The van der Waals surface area contributed by atoms with Crippen LogP contribution in [0.2, 0.25) is 0 Å². The molecule has 0 radical (unpaired) electrons. The summed E-state index contributed by atoms with van der Waals surface area (Å²) in [6.45, 7) is 22.1. The molecule has 3 saturated carbocycles. The second-order valence-corrected chi connectivity index (χ2v) is 27.1. The van der Waals surface area contributed by atoms with Crippen molar-refractivity contribution in [2.45, 2.75) is 256 Å². The number of fused-ring (bicyclic) bond motifs is 5. The Hall–Kier alpha value is -2.50. The zero-order valence-electron chi connectivity index (χ0n) is 50.2. The highest BCUT2D eigenvalue weighted by Gasteiger charge is 2.69. The molecule has 0 bridgehead atoms. The van der Waals surface area contributed by atoms with Crippen LogP contribution < -0.4 is 5.32 Å². The monoisotopic (exact) mass is 1120 g/mol. The Labute approximate surface area is 470 Å². The van der Waals surface area contributed by atoms with Gasteiger partial charge >= 0.3 is 5.97 Å². The number of cyclic esters (lactones) is 1. The average molecular weight is 1120 g/mol. The Morgan fingerprint density at radius 2 is 1.58 bits per heavy atom. The lowest BCUT2D eigenvalue weighted by Gasteiger charge is -2.57. The molecular weight excluding hydrogens is 1020 g/mol. The normalized spacial score (nSPS) is 48.7. The summed E-state index contributed by atoms with van der Waals surface area (Å²) < 4.78 is 38.3. The van der Waals surface area contributed by atoms with E-state index in [1.54, 1.807) is 54.5 Å². The minimum Gasteiger partial charge on any atom is -0.459 e. The number of carbonyl (C=O) groups excluding carboxylic acids is 4. The highest BCUT2D eigenvalue weighted by molar-refractivity contribution is 5.94. The molecule has 1 amide bonds. The van der Waals surface area contributed by atoms with E-state index in [4.69, 9.17) is 28.4 Å². The number of ether oxygens (including phenoxy) is 6. The first kappa shape index (κ1) is 64.1. The van der Waals surface area contributed by atoms with Crippen LogP contribution in [0.4, 0.5) is 0 Å². The van der Waals surface area contributed by atoms with Crippen LogP contribution in [-0.2, 0) is 47.6 Å². The third-order valence-corrected chi connectivity index (χ3v) is 21.1. The number of ketones is 2. The molecule has 79 heavy (non-hydrogen) atoms. The van der Waals surface area contributed by atoms with E-state index in [0.29, 0.717) is 38.6 Å². The smallest absolute Gasteiger partial charge is 0.311 e. The minimum atomic E-state index is -1.98. The molecule has 5 unspecified atom stereocenters. The number of nitrogens with one attached hydrogen (secondary N) is 1. The lowest BCUT2D eigenvalue weighted by Crippen LogP contribution is -2.62. The van der Waals surface area contributed by atoms with Gasteiger partial charge in [-0.05, 0) is 150 Å². The number of amides is 1. The van der Waals surface area contributed by atoms with Gasteiger partial charge < -0.3 is 69.3 Å². The van der Waals surface area contributed by atoms with Crippen molar-refractivity contribution in [3.05, 3.63) is 11.6 Å². The van der Waals surface area contributed by atoms with Gasteiger partial charge in [0, 0.05) is 75.3 Å². The SMILES string of the molecule is CC[C@H]1OC(=O)C(C)[C@@H](O[C@@H]2C[C@](C)(OC)[C@H](O)C(C)O2)[C@H](C)[C@@H](O[C@@H]2O[C@H](C)C[C@@H](N(C)C)[C@H]2O)[C@](C)(O)C[C@@H](C)CN(CCCNC(=O)[C@@]2(O)CCC3C4CCC5=CC(=O)CC[C@]5(C)C4C(=O)C[C@@]32C)[C@H](C)[C@@H](O)[C@]1(C)O. The molecule has 6 fully saturated rings. The van der Waals surface area contributed by atoms with Crippen LogP contribution in [0.25, 0.3) is 0 Å². The molecule has 0 aromatic heterocycles. The topological polar surface area (TPSA) is 264 Å². The maximum absolute atomic E-state index is 14.7. The van der Waals surface area contributed by atoms with Gasteiger partial charge in [-0.1, -0.05) is 40.2 Å². The number of rotatable bonds is 12. The van der Waals surface area contributed by atoms with Crippen LogP contribution in [0.3, 0.4) is 0 Å². The molecule has 0 aromatic carbocycles. The van der Waals surface area contributed by atoms with Crippen LogP contribution in [0, 0.1) is 46.3 Å². The number of carbonyl (C=O) groups is 4. The minimum absolute atomic E-state index is 0.00234. The quantitative estimate of drug-likeness (QED) is 0.107. The maximum atomic E-state index is 14.7. The van der Waals surface area contributed by atoms with Crippen molar-refractivity contribution in [1.29, 1.82) is 0 Å². The predicted molar refractivity (Wildman–Crippen MR) is 293 cm³/mol. The largest absolute Gasteiger partial charge is 0.459 e. The second-order valence-electron chi connectivity index (χ2n) is 27.1. The summed E-state index contributed by atoms with van der Waals surface area (Å²) in [6.07, 6.45) is -4.03. The van der Waals surface area contributed by atoms with E-state index in [-0.39, 0.29) is 92.6 Å². The second kappa shape index (κ2) is 24.2. The molecule has 0 aromatic rings. The zero-order valence-corrected chi connectivity index (χ0v) is 50.2. The molecule has 7 rings (SSSR count). The van der Waals surface area contributed by atoms with Gasteiger partial charge in [-0.25, -0.2) is 0 Å². The first-order valence-corrected chi connectivity index (χ1v) is 29.7. The maximum Gasteiger partial charge on any atom is 0.311 e. The van der Waals surface area contributed by atoms with Crippen molar-refractivity contribution in [2.75, 3.05) is 40.8 Å². The fourth-order valence-electron chi connectivity index (χ4n) is 16.3. The van der Waals surface area contributed by atoms with Crippen molar-refractivity contribution in [3.63, 3.8) is 0 Å². The molecule has 19 heteroatoms. The number of hydrogen-bond donors (Lipinski definition) is 7. The molecule has 19 nitrogen and oxygen atoms in total. The number of hydrogen-bond acceptors (Lipinski definition) is 18. The summed E-state index contributed by atoms with van der Waals surface area (Å²) >= 11 is 0. The van der Waals surface area contributed by atoms with Crippen LogP contribution >= 0.6 is 0 Å². The number of likely N-dealkylation sites (N-methyl/N-ethyl adjacent to an activating group) is 1. The summed E-state index contributed by atoms with van der Waals surface area (Å²) in [4.78, 5) is 59.8. The standard InChI is InChI=1S/C60H101N3O16/c1-16-44-59(12,72)49(67)36(6)63(25-17-24-61-54(70)60(73)23-21-41-40-19-18-38-27-39(64)20-22-55(38,8)46(40)43(65)29-56(41,60)9)31-32(2)28-57(10,71)51(79-53-47(66)42(62(13)14)26-33(3)75-53)34(4)48(35(5)52(69)77-44)78-45-30-58(11,74-15)50(68)37(7)76-45/h27,32-37,40-42,44-51,53,66-68,71-73H,16-26,28-31H2,1-15H3,(H,61,70)/t32-,33-,34+,35?,36-,37?,40?,41?,42-,44-,45-,46?,47-,48+,49-,50-,51-,53+,55+,56+,57-,58+,59-,60+/m1/s1. The number of aliphatic hydroxyl groups is 6. The number of Topliss-reactive ketones (excluding diaryl/α,β-unsaturated/α-hetero) is 1. The van der Waals surface area contributed by atoms with Gasteiger partial charge in [-0.3, -0.25) is 24.1 Å². The van der Waals surface area contributed by atoms with E-state index in [1.807, 2.05) is 44.7 Å². The van der Waals surface area contributed by atoms with E-state index in [2.05, 4.69) is 12.2 Å². The highest BCUT2D eigenvalue weighted by atomic mass is 16.7. The van der Waals surface area contributed by atoms with Crippen molar-refractivity contribution in [3.8, 4) is 0 Å². The van der Waals surface area contributed by atoms with Crippen LogP contribution in [0.15, 0.2) is 11.6 Å². The van der Waals surface area contributed by atoms with Crippen LogP contribution in [-0.4, -0.2) is 201 Å². The molecule has 452 valence electrons. The van der Waals surface area contributed by atoms with E-state index in [0.717, 1.165) is 18.4 Å². The third-order valence-electron chi connectivity index (χ3n) is 21.1. The summed E-state index contributed by atoms with van der Waals surface area (Å²) in [6, 6.07) is -1.11. The van der Waals surface area contributed by atoms with Gasteiger partial charge in [0.25, 0.3) is 5.91 Å². The molecule has 7 N–H and O–H groups in total. The molecule has 0 spiro atoms. The average Bonchev–Trinajstić information content (AvgIpc) is 3.96. The van der Waals surface area contributed by atoms with E-state index >= 15 is 0 Å². The Kier molecular flexibility index (Phi) is 19.7. The summed E-state index contributed by atoms with van der Waals surface area (Å²) in [5.41, 5.74) is -6.89. The fourth-order valence-corrected chi connectivity index (χ4v) is 16.3. The third kappa shape index (κ3) is 12.2. The lowest BCUT2D eigenvalue weighted by atomic mass is 9.46. The highest BCUT2D eigenvalue weighted by Crippen LogP contribution is 2.66. The Morgan fingerprint density at radius 3 is 2.23 bits per heavy atom. The molecule has 4 aliphatic carbocycles. The molecule has 3 saturated heterocycles. The Balaban J connectivity index is 1.15. The predicted octanol–water partition coefficient (Wildman–Crippen LogP) is 4.22. The number of allylic oxidation sites excluding steroid dienone is 1. The molecule has 7 aliphatic rings. The molecule has 24 atom stereocenters. The van der Waals surface area contributed by atoms with Gasteiger partial charge in [-0.15, -0.1) is 0 Å². The summed E-state index contributed by atoms with van der Waals surface area (Å²) in [5.74, 6) is -3.72. The lowest BCUT2D eigenvalue weighted by molar-refractivity contribution is -0.318. The molecular formula is C60H101N3O16. The summed E-state index contributed by atoms with van der Waals surface area (Å²) in [5, 5.41) is 76.2. The Bertz CT molecular complexity index is 2210. The van der Waals surface area contributed by atoms with Crippen molar-refractivity contribution in [2.24, 2.45) is 46.3 Å². The Morgan fingerprint density at radius 1 is 0.899 bits per heavy atom. The van der Waals surface area contributed by atoms with Gasteiger partial charge in [0.2, 0.25) is 0 Å². The van der Waals surface area contributed by atoms with Crippen molar-refractivity contribution >= 4 is 23.4 Å². The number of methoxy groups -OCH3 is 1. The van der Waals surface area contributed by atoms with E-state index in [9.17, 15) is 49.8 Å². The van der Waals surface area contributed by atoms with Gasteiger partial charge in [0.1, 0.15) is 41.4 Å². The van der Waals surface area contributed by atoms with Crippen molar-refractivity contribution in [1.82, 2.24) is 15.1 Å². The van der Waals surface area contributed by atoms with E-state index < -0.39 is 118 Å². The number of aliphatic hydroxyl groups excluding tert-OH is 3. The van der Waals surface area contributed by atoms with E-state index in [1.165, 1.54) is 14.0 Å². The summed E-state index contributed by atoms with van der Waals surface area (Å²) in [7, 11) is 5.23. The van der Waals surface area contributed by atoms with Gasteiger partial charge in [0.05, 0.1) is 41.5 Å². The van der Waals surface area contributed by atoms with Crippen LogP contribution in [0.1, 0.15) is 160 Å². The molecule has 3 aliphatic heterocycles. The molecule has 3 heterocycles. The number of esters is 1. The first-order chi connectivity index (χ1) is 36.7. The van der Waals surface area contributed by atoms with Gasteiger partial charge in [-0.2, -0.15) is 0 Å². The van der Waals surface area contributed by atoms with Crippen LogP contribution in [0.5, 0.6) is 0 Å². The first-order valence-electron chi connectivity index (χ1n) is 29.7. The number of nitrogens with zero attached hydrogens (tertiary/aromatic N) is 2. The zero-order chi connectivity index (χ0) is 58.7. The van der Waals surface area contributed by atoms with Gasteiger partial charge in [0.15, 0.2) is 18.4 Å².